The summed E-state index contributed by atoms with van der Waals surface area (Å²) in [6.07, 6.45) is 1.42. The molecular formula is C17H26N2O2. The van der Waals surface area contributed by atoms with Gasteiger partial charge in [-0.1, -0.05) is 35.5 Å². The first-order chi connectivity index (χ1) is 9.76. The molecule has 4 nitrogen and oxygen atoms in total. The second-order valence-corrected chi connectivity index (χ2v) is 7.25. The second-order valence-electron chi connectivity index (χ2n) is 7.25. The first kappa shape index (κ1) is 16.1. The standard InChI is InChI=1S/C17H26N2O2/c1-13(14-9-7-6-8-10-14)21-19-16(2,3)11-15(18-20)12-17(19,4)5/h6-10,13,15H,11-12H2,1-5H3. The van der Waals surface area contributed by atoms with Gasteiger partial charge in [0.2, 0.25) is 0 Å². The van der Waals surface area contributed by atoms with Gasteiger partial charge in [-0.2, -0.15) is 9.97 Å². The molecule has 0 amide bonds. The molecule has 1 aliphatic rings. The highest BCUT2D eigenvalue weighted by atomic mass is 16.7. The minimum Gasteiger partial charge on any atom is -0.290 e. The summed E-state index contributed by atoms with van der Waals surface area (Å²) >= 11 is 0. The lowest BCUT2D eigenvalue weighted by Gasteiger charge is -2.53. The predicted molar refractivity (Wildman–Crippen MR) is 84.8 cm³/mol. The number of hydrogen-bond donors (Lipinski definition) is 0. The van der Waals surface area contributed by atoms with Crippen LogP contribution in [0.4, 0.5) is 0 Å². The molecule has 0 spiro atoms. The van der Waals surface area contributed by atoms with E-state index in [2.05, 4.69) is 57.0 Å². The summed E-state index contributed by atoms with van der Waals surface area (Å²) in [5, 5.41) is 5.35. The van der Waals surface area contributed by atoms with E-state index in [1.807, 2.05) is 18.2 Å². The fourth-order valence-corrected chi connectivity index (χ4v) is 3.51. The molecule has 1 saturated heterocycles. The third-order valence-electron chi connectivity index (χ3n) is 4.25. The van der Waals surface area contributed by atoms with Gasteiger partial charge < -0.3 is 0 Å². The number of rotatable bonds is 4. The van der Waals surface area contributed by atoms with Crippen molar-refractivity contribution in [3.05, 3.63) is 40.8 Å². The molecule has 2 rings (SSSR count). The number of nitrogens with zero attached hydrogens (tertiary/aromatic N) is 2. The summed E-state index contributed by atoms with van der Waals surface area (Å²) in [5.74, 6) is 0. The van der Waals surface area contributed by atoms with Gasteiger partial charge in [-0.05, 0) is 53.0 Å². The van der Waals surface area contributed by atoms with Crippen LogP contribution in [0.15, 0.2) is 35.5 Å². The van der Waals surface area contributed by atoms with Crippen LogP contribution in [0.2, 0.25) is 0 Å². The van der Waals surface area contributed by atoms with E-state index in [-0.39, 0.29) is 23.2 Å². The van der Waals surface area contributed by atoms with Gasteiger partial charge in [0.1, 0.15) is 6.10 Å². The van der Waals surface area contributed by atoms with Crippen LogP contribution in [0.5, 0.6) is 0 Å². The molecule has 1 aromatic rings. The molecule has 1 atom stereocenters. The van der Waals surface area contributed by atoms with Crippen molar-refractivity contribution in [1.29, 1.82) is 0 Å². The summed E-state index contributed by atoms with van der Waals surface area (Å²) < 4.78 is 0. The van der Waals surface area contributed by atoms with Gasteiger partial charge in [0.25, 0.3) is 0 Å². The molecule has 0 aromatic heterocycles. The highest BCUT2D eigenvalue weighted by Crippen LogP contribution is 2.41. The van der Waals surface area contributed by atoms with Gasteiger partial charge in [-0.15, -0.1) is 0 Å². The average molecular weight is 290 g/mol. The zero-order valence-electron chi connectivity index (χ0n) is 13.7. The third-order valence-corrected chi connectivity index (χ3v) is 4.25. The Labute approximate surface area is 127 Å². The van der Waals surface area contributed by atoms with Crippen molar-refractivity contribution in [3.63, 3.8) is 0 Å². The van der Waals surface area contributed by atoms with Crippen LogP contribution >= 0.6 is 0 Å². The quantitative estimate of drug-likeness (QED) is 0.768. The molecule has 1 aliphatic heterocycles. The van der Waals surface area contributed by atoms with Crippen LogP contribution in [0.1, 0.15) is 59.1 Å². The predicted octanol–water partition coefficient (Wildman–Crippen LogP) is 4.47. The van der Waals surface area contributed by atoms with Crippen LogP contribution < -0.4 is 0 Å². The Hall–Kier alpha value is -1.26. The zero-order valence-corrected chi connectivity index (χ0v) is 13.7. The zero-order chi connectivity index (χ0) is 15.7. The Bertz CT molecular complexity index is 467. The third kappa shape index (κ3) is 3.50. The molecular weight excluding hydrogens is 264 g/mol. The summed E-state index contributed by atoms with van der Waals surface area (Å²) in [5.41, 5.74) is 0.715. The van der Waals surface area contributed by atoms with Crippen molar-refractivity contribution >= 4 is 0 Å². The Kier molecular flexibility index (Phi) is 4.49. The van der Waals surface area contributed by atoms with Gasteiger partial charge >= 0.3 is 0 Å². The molecule has 21 heavy (non-hydrogen) atoms. The highest BCUT2D eigenvalue weighted by Gasteiger charge is 2.47. The first-order valence-corrected chi connectivity index (χ1v) is 7.61. The number of benzene rings is 1. The molecule has 0 aliphatic carbocycles. The van der Waals surface area contributed by atoms with Gasteiger partial charge in [-0.25, -0.2) is 0 Å². The molecule has 116 valence electrons. The molecule has 0 bridgehead atoms. The number of hydroxylamine groups is 2. The fraction of sp³-hybridized carbons (Fsp3) is 0.647. The van der Waals surface area contributed by atoms with Crippen LogP contribution in [-0.2, 0) is 4.84 Å². The van der Waals surface area contributed by atoms with E-state index in [4.69, 9.17) is 4.84 Å². The van der Waals surface area contributed by atoms with Crippen LogP contribution in [0.25, 0.3) is 0 Å². The van der Waals surface area contributed by atoms with Crippen molar-refractivity contribution in [2.24, 2.45) is 5.18 Å². The number of nitroso groups, excluding NO2 is 1. The van der Waals surface area contributed by atoms with E-state index in [1.54, 1.807) is 0 Å². The highest BCUT2D eigenvalue weighted by molar-refractivity contribution is 5.17. The first-order valence-electron chi connectivity index (χ1n) is 7.61. The smallest absolute Gasteiger partial charge is 0.102 e. The molecule has 0 radical (unpaired) electrons. The molecule has 0 saturated carbocycles. The minimum atomic E-state index is -0.219. The summed E-state index contributed by atoms with van der Waals surface area (Å²) in [4.78, 5) is 17.3. The van der Waals surface area contributed by atoms with Crippen molar-refractivity contribution in [3.8, 4) is 0 Å². The van der Waals surface area contributed by atoms with Gasteiger partial charge in [0.15, 0.2) is 0 Å². The minimum absolute atomic E-state index is 0.0227. The van der Waals surface area contributed by atoms with Crippen LogP contribution in [-0.4, -0.2) is 22.2 Å². The van der Waals surface area contributed by atoms with Gasteiger partial charge in [-0.3, -0.25) is 4.84 Å². The van der Waals surface area contributed by atoms with Crippen molar-refractivity contribution < 1.29 is 4.84 Å². The van der Waals surface area contributed by atoms with E-state index in [1.165, 1.54) is 0 Å². The maximum absolute atomic E-state index is 11.0. The normalized spacial score (nSPS) is 23.7. The summed E-state index contributed by atoms with van der Waals surface area (Å²) in [7, 11) is 0. The van der Waals surface area contributed by atoms with Gasteiger partial charge in [0, 0.05) is 11.1 Å². The fourth-order valence-electron chi connectivity index (χ4n) is 3.51. The van der Waals surface area contributed by atoms with Crippen molar-refractivity contribution in [2.45, 2.75) is 70.7 Å². The largest absolute Gasteiger partial charge is 0.290 e. The van der Waals surface area contributed by atoms with E-state index in [9.17, 15) is 4.91 Å². The maximum Gasteiger partial charge on any atom is 0.102 e. The molecule has 1 unspecified atom stereocenters. The Balaban J connectivity index is 2.19. The lowest BCUT2D eigenvalue weighted by molar-refractivity contribution is -0.305. The lowest BCUT2D eigenvalue weighted by atomic mass is 9.79. The molecule has 1 fully saturated rings. The number of piperidine rings is 1. The number of hydrogen-bond acceptors (Lipinski definition) is 4. The molecule has 1 heterocycles. The topological polar surface area (TPSA) is 41.9 Å². The maximum atomic E-state index is 11.0. The van der Waals surface area contributed by atoms with E-state index < -0.39 is 0 Å². The average Bonchev–Trinajstić information content (AvgIpc) is 2.42. The summed E-state index contributed by atoms with van der Waals surface area (Å²) in [6, 6.07) is 10.1. The summed E-state index contributed by atoms with van der Waals surface area (Å²) in [6.45, 7) is 10.5. The Morgan fingerprint density at radius 3 is 2.14 bits per heavy atom. The van der Waals surface area contributed by atoms with Crippen LogP contribution in [0.3, 0.4) is 0 Å². The van der Waals surface area contributed by atoms with E-state index in [0.717, 1.165) is 18.4 Å². The second kappa shape index (κ2) is 5.85. The SMILES string of the molecule is CC(ON1C(C)(C)CC(N=O)CC1(C)C)c1ccccc1. The van der Waals surface area contributed by atoms with Crippen molar-refractivity contribution in [2.75, 3.05) is 0 Å². The van der Waals surface area contributed by atoms with Crippen molar-refractivity contribution in [1.82, 2.24) is 5.06 Å². The monoisotopic (exact) mass is 290 g/mol. The van der Waals surface area contributed by atoms with E-state index >= 15 is 0 Å². The van der Waals surface area contributed by atoms with Crippen LogP contribution in [0, 0.1) is 4.91 Å². The van der Waals surface area contributed by atoms with E-state index in [0.29, 0.717) is 0 Å². The lowest BCUT2D eigenvalue weighted by Crippen LogP contribution is -2.61. The molecule has 1 aromatic carbocycles. The molecule has 0 N–H and O–H groups in total. The molecule has 4 heteroatoms. The van der Waals surface area contributed by atoms with Gasteiger partial charge in [0.05, 0.1) is 6.04 Å². The Morgan fingerprint density at radius 1 is 1.14 bits per heavy atom. The Morgan fingerprint density at radius 2 is 1.67 bits per heavy atom.